The molecule has 0 fully saturated rings. The Morgan fingerprint density at radius 1 is 1.32 bits per heavy atom. The van der Waals surface area contributed by atoms with Gasteiger partial charge in [-0.1, -0.05) is 17.7 Å². The van der Waals surface area contributed by atoms with Crippen molar-refractivity contribution in [3.8, 4) is 0 Å². The highest BCUT2D eigenvalue weighted by molar-refractivity contribution is 9.10. The van der Waals surface area contributed by atoms with Gasteiger partial charge in [-0.05, 0) is 34.1 Å². The van der Waals surface area contributed by atoms with Gasteiger partial charge in [-0.15, -0.1) is 11.3 Å². The monoisotopic (exact) mass is 355 g/mol. The van der Waals surface area contributed by atoms with E-state index in [0.29, 0.717) is 22.8 Å². The molecule has 1 aromatic carbocycles. The summed E-state index contributed by atoms with van der Waals surface area (Å²) in [5, 5.41) is 2.27. The van der Waals surface area contributed by atoms with Crippen molar-refractivity contribution in [2.24, 2.45) is 0 Å². The number of thiophene rings is 1. The Morgan fingerprint density at radius 2 is 2.11 bits per heavy atom. The maximum absolute atomic E-state index is 12.0. The number of anilines is 1. The van der Waals surface area contributed by atoms with Crippen LogP contribution in [0.4, 0.5) is 5.69 Å². The molecule has 0 bridgehead atoms. The van der Waals surface area contributed by atoms with Gasteiger partial charge in [0.15, 0.2) is 0 Å². The minimum atomic E-state index is -0.531. The van der Waals surface area contributed by atoms with Gasteiger partial charge in [0, 0.05) is 14.7 Å². The van der Waals surface area contributed by atoms with Crippen molar-refractivity contribution < 1.29 is 9.59 Å². The summed E-state index contributed by atoms with van der Waals surface area (Å²) in [4.78, 5) is 26.5. The fourth-order valence-corrected chi connectivity index (χ4v) is 3.75. The second-order valence-corrected chi connectivity index (χ2v) is 6.40. The van der Waals surface area contributed by atoms with Crippen molar-refractivity contribution in [2.45, 2.75) is 6.54 Å². The largest absolute Gasteiger partial charge is 0.299 e. The normalized spacial score (nSPS) is 14.1. The first-order valence-corrected chi connectivity index (χ1v) is 7.50. The molecule has 0 spiro atoms. The molecule has 3 rings (SSSR count). The summed E-state index contributed by atoms with van der Waals surface area (Å²) >= 11 is 10.9. The lowest BCUT2D eigenvalue weighted by molar-refractivity contribution is -0.114. The van der Waals surface area contributed by atoms with Crippen LogP contribution in [0.2, 0.25) is 5.02 Å². The van der Waals surface area contributed by atoms with Crippen molar-refractivity contribution in [3.63, 3.8) is 0 Å². The van der Waals surface area contributed by atoms with Crippen molar-refractivity contribution in [1.82, 2.24) is 0 Å². The molecule has 1 aliphatic rings. The predicted octanol–water partition coefficient (Wildman–Crippen LogP) is 3.89. The number of fused-ring (bicyclic) bond motifs is 1. The van der Waals surface area contributed by atoms with Crippen LogP contribution < -0.4 is 4.90 Å². The smallest absolute Gasteiger partial charge is 0.299 e. The maximum Gasteiger partial charge on any atom is 0.299 e. The first kappa shape index (κ1) is 12.8. The first-order chi connectivity index (χ1) is 9.08. The van der Waals surface area contributed by atoms with E-state index in [0.717, 1.165) is 9.35 Å². The van der Waals surface area contributed by atoms with Crippen molar-refractivity contribution in [1.29, 1.82) is 0 Å². The molecule has 0 saturated heterocycles. The van der Waals surface area contributed by atoms with Gasteiger partial charge in [0.1, 0.15) is 0 Å². The molecule has 1 amide bonds. The van der Waals surface area contributed by atoms with Crippen LogP contribution in [-0.4, -0.2) is 11.7 Å². The van der Waals surface area contributed by atoms with Gasteiger partial charge in [0.2, 0.25) is 0 Å². The average molecular weight is 357 g/mol. The molecule has 0 saturated carbocycles. The number of benzene rings is 1. The van der Waals surface area contributed by atoms with E-state index in [2.05, 4.69) is 15.9 Å². The lowest BCUT2D eigenvalue weighted by atomic mass is 10.1. The second-order valence-electron chi connectivity index (χ2n) is 4.09. The molecule has 0 radical (unpaired) electrons. The third kappa shape index (κ3) is 2.12. The van der Waals surface area contributed by atoms with Crippen LogP contribution in [0.3, 0.4) is 0 Å². The van der Waals surface area contributed by atoms with Crippen molar-refractivity contribution >= 4 is 56.2 Å². The van der Waals surface area contributed by atoms with Crippen LogP contribution in [0.5, 0.6) is 0 Å². The van der Waals surface area contributed by atoms with Crippen LogP contribution >= 0.6 is 38.9 Å². The number of ketones is 1. The zero-order valence-corrected chi connectivity index (χ0v) is 12.7. The van der Waals surface area contributed by atoms with Gasteiger partial charge >= 0.3 is 0 Å². The fourth-order valence-electron chi connectivity index (χ4n) is 2.05. The fraction of sp³-hybridized carbons (Fsp3) is 0.0769. The van der Waals surface area contributed by atoms with E-state index in [1.807, 2.05) is 11.4 Å². The summed E-state index contributed by atoms with van der Waals surface area (Å²) in [6, 6.07) is 7.04. The Balaban J connectivity index is 2.02. The topological polar surface area (TPSA) is 37.4 Å². The summed E-state index contributed by atoms with van der Waals surface area (Å²) in [7, 11) is 0. The Kier molecular flexibility index (Phi) is 3.20. The lowest BCUT2D eigenvalue weighted by Gasteiger charge is -2.15. The number of nitrogens with zero attached hydrogens (tertiary/aromatic N) is 1. The Bertz CT molecular complexity index is 698. The van der Waals surface area contributed by atoms with E-state index in [1.54, 1.807) is 18.2 Å². The Labute approximate surface area is 126 Å². The van der Waals surface area contributed by atoms with Crippen LogP contribution in [0.25, 0.3) is 0 Å². The van der Waals surface area contributed by atoms with E-state index in [9.17, 15) is 9.59 Å². The van der Waals surface area contributed by atoms with E-state index in [1.165, 1.54) is 16.2 Å². The van der Waals surface area contributed by atoms with Crippen LogP contribution in [-0.2, 0) is 11.3 Å². The minimum absolute atomic E-state index is 0.310. The molecular formula is C13H7BrClNO2S. The molecule has 0 aliphatic carbocycles. The standard InChI is InChI=1S/C13H7BrClNO2S/c14-7-4-8(19-6-7)5-16-10-3-1-2-9(15)11(10)12(17)13(16)18/h1-4,6H,5H2. The van der Waals surface area contributed by atoms with Gasteiger partial charge in [0.05, 0.1) is 22.8 Å². The van der Waals surface area contributed by atoms with Gasteiger partial charge in [-0.25, -0.2) is 0 Å². The van der Waals surface area contributed by atoms with Crippen molar-refractivity contribution in [2.75, 3.05) is 4.90 Å². The summed E-state index contributed by atoms with van der Waals surface area (Å²) in [6.07, 6.45) is 0. The summed E-state index contributed by atoms with van der Waals surface area (Å²) in [5.74, 6) is -1.05. The van der Waals surface area contributed by atoms with Crippen LogP contribution in [0.15, 0.2) is 34.1 Å². The number of rotatable bonds is 2. The Hall–Kier alpha value is -1.17. The minimum Gasteiger partial charge on any atom is -0.299 e. The first-order valence-electron chi connectivity index (χ1n) is 5.45. The number of halogens is 2. The third-order valence-electron chi connectivity index (χ3n) is 2.88. The molecule has 3 nitrogen and oxygen atoms in total. The third-order valence-corrected chi connectivity index (χ3v) is 4.88. The molecule has 0 atom stereocenters. The van der Waals surface area contributed by atoms with Gasteiger partial charge in [-0.3, -0.25) is 14.5 Å². The molecule has 6 heteroatoms. The molecule has 1 aromatic heterocycles. The van der Waals surface area contributed by atoms with E-state index >= 15 is 0 Å². The summed E-state index contributed by atoms with van der Waals surface area (Å²) in [5.41, 5.74) is 0.900. The highest BCUT2D eigenvalue weighted by Crippen LogP contribution is 2.35. The van der Waals surface area contributed by atoms with E-state index in [-0.39, 0.29) is 0 Å². The molecule has 2 heterocycles. The number of carbonyl (C=O) groups excluding carboxylic acids is 2. The predicted molar refractivity (Wildman–Crippen MR) is 79.0 cm³/mol. The number of Topliss-reactive ketones (excluding diaryl/α,β-unsaturated/α-hetero) is 1. The second kappa shape index (κ2) is 4.74. The molecule has 19 heavy (non-hydrogen) atoms. The maximum atomic E-state index is 12.0. The molecular weight excluding hydrogens is 350 g/mol. The van der Waals surface area contributed by atoms with Gasteiger partial charge < -0.3 is 0 Å². The number of hydrogen-bond acceptors (Lipinski definition) is 3. The zero-order chi connectivity index (χ0) is 13.6. The molecule has 2 aromatic rings. The molecule has 96 valence electrons. The van der Waals surface area contributed by atoms with Gasteiger partial charge in [0.25, 0.3) is 11.7 Å². The number of hydrogen-bond donors (Lipinski definition) is 0. The zero-order valence-electron chi connectivity index (χ0n) is 9.52. The van der Waals surface area contributed by atoms with E-state index < -0.39 is 11.7 Å². The number of amides is 1. The summed E-state index contributed by atoms with van der Waals surface area (Å²) < 4.78 is 0.969. The molecule has 1 aliphatic heterocycles. The lowest BCUT2D eigenvalue weighted by Crippen LogP contribution is -2.28. The van der Waals surface area contributed by atoms with Crippen LogP contribution in [0, 0.1) is 0 Å². The SMILES string of the molecule is O=C1C(=O)N(Cc2cc(Br)cs2)c2cccc(Cl)c21. The molecule has 0 N–H and O–H groups in total. The quantitative estimate of drug-likeness (QED) is 0.766. The number of carbonyl (C=O) groups is 2. The van der Waals surface area contributed by atoms with Crippen molar-refractivity contribution in [3.05, 3.63) is 49.6 Å². The van der Waals surface area contributed by atoms with Gasteiger partial charge in [-0.2, -0.15) is 0 Å². The molecule has 0 unspecified atom stereocenters. The Morgan fingerprint density at radius 3 is 2.79 bits per heavy atom. The summed E-state index contributed by atoms with van der Waals surface area (Å²) in [6.45, 7) is 0.383. The van der Waals surface area contributed by atoms with Crippen LogP contribution in [0.1, 0.15) is 15.2 Å². The van der Waals surface area contributed by atoms with E-state index in [4.69, 9.17) is 11.6 Å². The average Bonchev–Trinajstić information content (AvgIpc) is 2.88. The highest BCUT2D eigenvalue weighted by atomic mass is 79.9. The highest BCUT2D eigenvalue weighted by Gasteiger charge is 2.37.